The van der Waals surface area contributed by atoms with Gasteiger partial charge in [-0.2, -0.15) is 0 Å². The summed E-state index contributed by atoms with van der Waals surface area (Å²) < 4.78 is 5.07. The minimum absolute atomic E-state index is 0.263. The van der Waals surface area contributed by atoms with E-state index in [2.05, 4.69) is 10.3 Å². The van der Waals surface area contributed by atoms with Gasteiger partial charge in [0.25, 0.3) is 0 Å². The molecule has 0 aliphatic rings. The predicted octanol–water partition coefficient (Wildman–Crippen LogP) is 2.18. The average Bonchev–Trinajstić information content (AvgIpc) is 2.81. The number of furan rings is 1. The summed E-state index contributed by atoms with van der Waals surface area (Å²) in [4.78, 5) is 4.31. The van der Waals surface area contributed by atoms with Crippen LogP contribution in [0.15, 0.2) is 47.4 Å². The van der Waals surface area contributed by atoms with Gasteiger partial charge >= 0.3 is 0 Å². The van der Waals surface area contributed by atoms with E-state index in [-0.39, 0.29) is 6.04 Å². The number of nitrogens with one attached hydrogen (secondary N) is 1. The van der Waals surface area contributed by atoms with Crippen molar-refractivity contribution in [3.8, 4) is 0 Å². The quantitative estimate of drug-likeness (QED) is 0.825. The fraction of sp³-hybridized carbons (Fsp3) is 0.250. The molecule has 3 heteroatoms. The van der Waals surface area contributed by atoms with Gasteiger partial charge < -0.3 is 9.73 Å². The van der Waals surface area contributed by atoms with Crippen LogP contribution in [0.25, 0.3) is 0 Å². The van der Waals surface area contributed by atoms with Crippen LogP contribution >= 0.6 is 0 Å². The Balaban J connectivity index is 2.10. The molecule has 0 amide bonds. The zero-order chi connectivity index (χ0) is 10.5. The van der Waals surface area contributed by atoms with Crippen LogP contribution in [0.2, 0.25) is 0 Å². The van der Waals surface area contributed by atoms with E-state index in [1.54, 1.807) is 12.5 Å². The Bertz CT molecular complexity index is 383. The van der Waals surface area contributed by atoms with Gasteiger partial charge in [0.05, 0.1) is 12.5 Å². The van der Waals surface area contributed by atoms with Crippen molar-refractivity contribution in [2.24, 2.45) is 0 Å². The molecule has 15 heavy (non-hydrogen) atoms. The summed E-state index contributed by atoms with van der Waals surface area (Å²) in [6, 6.07) is 8.20. The molecule has 3 nitrogen and oxygen atoms in total. The molecular formula is C12H14N2O. The lowest BCUT2D eigenvalue weighted by molar-refractivity contribution is 0.540. The maximum absolute atomic E-state index is 5.07. The highest BCUT2D eigenvalue weighted by Gasteiger charge is 2.11. The number of hydrogen-bond acceptors (Lipinski definition) is 3. The fourth-order valence-electron chi connectivity index (χ4n) is 1.59. The molecule has 0 aliphatic heterocycles. The molecule has 0 saturated carbocycles. The molecule has 2 aromatic heterocycles. The molecule has 0 bridgehead atoms. The Hall–Kier alpha value is -1.61. The molecule has 2 aromatic rings. The second-order valence-electron chi connectivity index (χ2n) is 3.42. The van der Waals surface area contributed by atoms with E-state index in [0.717, 1.165) is 17.7 Å². The zero-order valence-corrected chi connectivity index (χ0v) is 8.68. The van der Waals surface area contributed by atoms with Crippen molar-refractivity contribution in [1.29, 1.82) is 0 Å². The first-order chi connectivity index (χ1) is 7.40. The molecule has 2 rings (SSSR count). The first kappa shape index (κ1) is 9.93. The topological polar surface area (TPSA) is 38.1 Å². The van der Waals surface area contributed by atoms with Gasteiger partial charge in [0.15, 0.2) is 0 Å². The molecule has 78 valence electrons. The molecule has 0 fully saturated rings. The number of aromatic nitrogens is 1. The highest BCUT2D eigenvalue weighted by Crippen LogP contribution is 2.16. The van der Waals surface area contributed by atoms with Crippen molar-refractivity contribution in [2.75, 3.05) is 7.05 Å². The van der Waals surface area contributed by atoms with Crippen LogP contribution in [0.1, 0.15) is 17.3 Å². The maximum atomic E-state index is 5.07. The third-order valence-electron chi connectivity index (χ3n) is 2.43. The second-order valence-corrected chi connectivity index (χ2v) is 3.42. The first-order valence-electron chi connectivity index (χ1n) is 4.99. The van der Waals surface area contributed by atoms with Gasteiger partial charge in [0.2, 0.25) is 0 Å². The summed E-state index contributed by atoms with van der Waals surface area (Å²) in [6.07, 6.45) is 6.15. The van der Waals surface area contributed by atoms with E-state index in [1.165, 1.54) is 0 Å². The average molecular weight is 202 g/mol. The number of pyridine rings is 1. The van der Waals surface area contributed by atoms with E-state index in [9.17, 15) is 0 Å². The van der Waals surface area contributed by atoms with Gasteiger partial charge in [0, 0.05) is 29.9 Å². The molecule has 1 unspecified atom stereocenters. The van der Waals surface area contributed by atoms with E-state index in [1.807, 2.05) is 37.5 Å². The molecule has 2 heterocycles. The molecular weight excluding hydrogens is 188 g/mol. The fourth-order valence-corrected chi connectivity index (χ4v) is 1.59. The standard InChI is InChI=1S/C12H14N2O/c1-13-12(10-5-7-15-9-10)8-11-4-2-3-6-14-11/h2-7,9,12-13H,8H2,1H3. The highest BCUT2D eigenvalue weighted by atomic mass is 16.3. The lowest BCUT2D eigenvalue weighted by Gasteiger charge is -2.13. The van der Waals surface area contributed by atoms with Crippen molar-refractivity contribution in [1.82, 2.24) is 10.3 Å². The Morgan fingerprint density at radius 2 is 2.33 bits per heavy atom. The minimum Gasteiger partial charge on any atom is -0.472 e. The van der Waals surface area contributed by atoms with Crippen molar-refractivity contribution < 1.29 is 4.42 Å². The van der Waals surface area contributed by atoms with Gasteiger partial charge in [-0.05, 0) is 25.2 Å². The number of likely N-dealkylation sites (N-methyl/N-ethyl adjacent to an activating group) is 1. The summed E-state index contributed by atoms with van der Waals surface area (Å²) >= 11 is 0. The zero-order valence-electron chi connectivity index (χ0n) is 8.68. The van der Waals surface area contributed by atoms with Crippen LogP contribution in [-0.2, 0) is 6.42 Å². The van der Waals surface area contributed by atoms with Crippen molar-refractivity contribution in [2.45, 2.75) is 12.5 Å². The Morgan fingerprint density at radius 1 is 1.40 bits per heavy atom. The lowest BCUT2D eigenvalue weighted by atomic mass is 10.1. The third kappa shape index (κ3) is 2.44. The van der Waals surface area contributed by atoms with E-state index in [0.29, 0.717) is 0 Å². The Kier molecular flexibility index (Phi) is 3.15. The van der Waals surface area contributed by atoms with Crippen LogP contribution < -0.4 is 5.32 Å². The van der Waals surface area contributed by atoms with Gasteiger partial charge in [0.1, 0.15) is 0 Å². The summed E-state index contributed by atoms with van der Waals surface area (Å²) in [5.74, 6) is 0. The minimum atomic E-state index is 0.263. The van der Waals surface area contributed by atoms with Gasteiger partial charge in [-0.25, -0.2) is 0 Å². The molecule has 0 aromatic carbocycles. The van der Waals surface area contributed by atoms with E-state index < -0.39 is 0 Å². The molecule has 1 atom stereocenters. The smallest absolute Gasteiger partial charge is 0.0950 e. The molecule has 0 saturated heterocycles. The van der Waals surface area contributed by atoms with Crippen molar-refractivity contribution >= 4 is 0 Å². The van der Waals surface area contributed by atoms with Gasteiger partial charge in [-0.15, -0.1) is 0 Å². The maximum Gasteiger partial charge on any atom is 0.0950 e. The van der Waals surface area contributed by atoms with Crippen molar-refractivity contribution in [3.63, 3.8) is 0 Å². The van der Waals surface area contributed by atoms with Crippen LogP contribution in [0.5, 0.6) is 0 Å². The molecule has 0 aliphatic carbocycles. The summed E-state index contributed by atoms with van der Waals surface area (Å²) in [5, 5.41) is 3.25. The monoisotopic (exact) mass is 202 g/mol. The van der Waals surface area contributed by atoms with Crippen LogP contribution in [0.3, 0.4) is 0 Å². The highest BCUT2D eigenvalue weighted by molar-refractivity contribution is 5.15. The van der Waals surface area contributed by atoms with Crippen LogP contribution in [0.4, 0.5) is 0 Å². The second kappa shape index (κ2) is 4.75. The Morgan fingerprint density at radius 3 is 2.93 bits per heavy atom. The van der Waals surface area contributed by atoms with Crippen LogP contribution in [0, 0.1) is 0 Å². The molecule has 0 spiro atoms. The first-order valence-corrected chi connectivity index (χ1v) is 4.99. The van der Waals surface area contributed by atoms with Crippen molar-refractivity contribution in [3.05, 3.63) is 54.2 Å². The van der Waals surface area contributed by atoms with Crippen LogP contribution in [-0.4, -0.2) is 12.0 Å². The van der Waals surface area contributed by atoms with Gasteiger partial charge in [-0.3, -0.25) is 4.98 Å². The molecule has 1 N–H and O–H groups in total. The van der Waals surface area contributed by atoms with E-state index in [4.69, 9.17) is 4.42 Å². The largest absolute Gasteiger partial charge is 0.472 e. The Labute approximate surface area is 89.1 Å². The number of hydrogen-bond donors (Lipinski definition) is 1. The summed E-state index contributed by atoms with van der Waals surface area (Å²) in [5.41, 5.74) is 2.24. The third-order valence-corrected chi connectivity index (χ3v) is 2.43. The normalized spacial score (nSPS) is 12.6. The predicted molar refractivity (Wildman–Crippen MR) is 58.4 cm³/mol. The SMILES string of the molecule is CNC(Cc1ccccn1)c1ccoc1. The number of nitrogens with zero attached hydrogens (tertiary/aromatic N) is 1. The van der Waals surface area contributed by atoms with E-state index >= 15 is 0 Å². The number of rotatable bonds is 4. The van der Waals surface area contributed by atoms with Gasteiger partial charge in [-0.1, -0.05) is 6.07 Å². The summed E-state index contributed by atoms with van der Waals surface area (Å²) in [7, 11) is 1.95. The summed E-state index contributed by atoms with van der Waals surface area (Å²) in [6.45, 7) is 0. The lowest BCUT2D eigenvalue weighted by Crippen LogP contribution is -2.18. The molecule has 0 radical (unpaired) electrons.